The fourth-order valence-corrected chi connectivity index (χ4v) is 2.58. The summed E-state index contributed by atoms with van der Waals surface area (Å²) in [6.07, 6.45) is 2.35. The minimum absolute atomic E-state index is 0.165. The molecule has 20 heavy (non-hydrogen) atoms. The van der Waals surface area contributed by atoms with E-state index in [-0.39, 0.29) is 24.2 Å². The van der Waals surface area contributed by atoms with Crippen LogP contribution >= 0.6 is 11.8 Å². The highest BCUT2D eigenvalue weighted by Gasteiger charge is 2.17. The standard InChI is InChI=1S/C12H20N4O3S/c1-4-5-15(6-11(18)19)10(17)7-20-12-14-13-8-16(12)9(2)3/h8-9H,4-7H2,1-3H3,(H,18,19). The van der Waals surface area contributed by atoms with Gasteiger partial charge in [0.15, 0.2) is 5.16 Å². The van der Waals surface area contributed by atoms with Gasteiger partial charge in [0.05, 0.1) is 5.75 Å². The zero-order valence-corrected chi connectivity index (χ0v) is 12.8. The van der Waals surface area contributed by atoms with Crippen LogP contribution in [0.15, 0.2) is 11.5 Å². The molecule has 7 nitrogen and oxygen atoms in total. The maximum atomic E-state index is 12.0. The molecule has 0 aliphatic carbocycles. The van der Waals surface area contributed by atoms with Gasteiger partial charge in [-0.25, -0.2) is 0 Å². The van der Waals surface area contributed by atoms with E-state index in [1.165, 1.54) is 16.7 Å². The number of carbonyl (C=O) groups excluding carboxylic acids is 1. The van der Waals surface area contributed by atoms with Crippen molar-refractivity contribution in [1.29, 1.82) is 0 Å². The van der Waals surface area contributed by atoms with Crippen LogP contribution in [0.5, 0.6) is 0 Å². The maximum absolute atomic E-state index is 12.0. The Bertz CT molecular complexity index is 461. The van der Waals surface area contributed by atoms with Crippen molar-refractivity contribution in [3.8, 4) is 0 Å². The molecule has 0 spiro atoms. The highest BCUT2D eigenvalue weighted by molar-refractivity contribution is 7.99. The summed E-state index contributed by atoms with van der Waals surface area (Å²) in [5.74, 6) is -1.03. The Morgan fingerprint density at radius 3 is 2.75 bits per heavy atom. The van der Waals surface area contributed by atoms with Gasteiger partial charge in [0, 0.05) is 12.6 Å². The van der Waals surface area contributed by atoms with Gasteiger partial charge in [-0.15, -0.1) is 10.2 Å². The van der Waals surface area contributed by atoms with Gasteiger partial charge in [0.1, 0.15) is 12.9 Å². The van der Waals surface area contributed by atoms with Gasteiger partial charge in [0.25, 0.3) is 0 Å². The first kappa shape index (κ1) is 16.5. The smallest absolute Gasteiger partial charge is 0.323 e. The average Bonchev–Trinajstić information content (AvgIpc) is 2.83. The number of hydrogen-bond acceptors (Lipinski definition) is 5. The van der Waals surface area contributed by atoms with Crippen LogP contribution in [0.2, 0.25) is 0 Å². The van der Waals surface area contributed by atoms with Crippen LogP contribution in [0.1, 0.15) is 33.2 Å². The molecule has 0 aliphatic rings. The van der Waals surface area contributed by atoms with Crippen LogP contribution in [-0.4, -0.2) is 55.5 Å². The molecule has 0 aromatic carbocycles. The molecule has 0 fully saturated rings. The minimum Gasteiger partial charge on any atom is -0.480 e. The highest BCUT2D eigenvalue weighted by atomic mass is 32.2. The molecule has 8 heteroatoms. The molecule has 1 heterocycles. The molecule has 0 saturated heterocycles. The molecule has 112 valence electrons. The van der Waals surface area contributed by atoms with E-state index in [2.05, 4.69) is 10.2 Å². The van der Waals surface area contributed by atoms with Gasteiger partial charge in [-0.3, -0.25) is 9.59 Å². The number of hydrogen-bond donors (Lipinski definition) is 1. The first-order valence-corrected chi connectivity index (χ1v) is 7.46. The van der Waals surface area contributed by atoms with Crippen molar-refractivity contribution in [2.24, 2.45) is 0 Å². The summed E-state index contributed by atoms with van der Waals surface area (Å²) in [7, 11) is 0. The average molecular weight is 300 g/mol. The lowest BCUT2D eigenvalue weighted by atomic mass is 10.4. The number of aromatic nitrogens is 3. The summed E-state index contributed by atoms with van der Waals surface area (Å²) >= 11 is 1.28. The van der Waals surface area contributed by atoms with E-state index < -0.39 is 5.97 Å². The van der Waals surface area contributed by atoms with Gasteiger partial charge in [-0.2, -0.15) is 0 Å². The lowest BCUT2D eigenvalue weighted by molar-refractivity contribution is -0.143. The van der Waals surface area contributed by atoms with Gasteiger partial charge in [-0.05, 0) is 20.3 Å². The Morgan fingerprint density at radius 1 is 1.50 bits per heavy atom. The predicted molar refractivity (Wildman–Crippen MR) is 75.6 cm³/mol. The number of carbonyl (C=O) groups is 2. The third-order valence-corrected chi connectivity index (χ3v) is 3.54. The number of rotatable bonds is 8. The molecule has 0 radical (unpaired) electrons. The molecule has 1 amide bonds. The molecule has 0 unspecified atom stereocenters. The van der Waals surface area contributed by atoms with Crippen LogP contribution in [0.3, 0.4) is 0 Å². The molecule has 1 aromatic heterocycles. The van der Waals surface area contributed by atoms with E-state index in [0.717, 1.165) is 6.42 Å². The van der Waals surface area contributed by atoms with E-state index in [1.807, 2.05) is 25.3 Å². The molecule has 1 rings (SSSR count). The summed E-state index contributed by atoms with van der Waals surface area (Å²) in [4.78, 5) is 24.1. The quantitative estimate of drug-likeness (QED) is 0.727. The van der Waals surface area contributed by atoms with Crippen molar-refractivity contribution >= 4 is 23.6 Å². The van der Waals surface area contributed by atoms with E-state index in [4.69, 9.17) is 5.11 Å². The lowest BCUT2D eigenvalue weighted by Crippen LogP contribution is -2.37. The Kier molecular flexibility index (Phi) is 6.50. The third-order valence-electron chi connectivity index (χ3n) is 2.59. The normalized spacial score (nSPS) is 10.8. The second kappa shape index (κ2) is 7.88. The Balaban J connectivity index is 2.60. The lowest BCUT2D eigenvalue weighted by Gasteiger charge is -2.19. The SMILES string of the molecule is CCCN(CC(=O)O)C(=O)CSc1nncn1C(C)C. The van der Waals surface area contributed by atoms with Crippen LogP contribution in [-0.2, 0) is 9.59 Å². The summed E-state index contributed by atoms with van der Waals surface area (Å²) in [6, 6.07) is 0.216. The zero-order valence-electron chi connectivity index (χ0n) is 11.9. The van der Waals surface area contributed by atoms with E-state index in [0.29, 0.717) is 11.7 Å². The number of amides is 1. The zero-order chi connectivity index (χ0) is 15.1. The molecular weight excluding hydrogens is 280 g/mol. The van der Waals surface area contributed by atoms with Crippen LogP contribution < -0.4 is 0 Å². The maximum Gasteiger partial charge on any atom is 0.323 e. The van der Waals surface area contributed by atoms with Crippen molar-refractivity contribution < 1.29 is 14.7 Å². The van der Waals surface area contributed by atoms with Crippen molar-refractivity contribution in [2.45, 2.75) is 38.4 Å². The molecule has 1 aromatic rings. The highest BCUT2D eigenvalue weighted by Crippen LogP contribution is 2.19. The number of thioether (sulfide) groups is 1. The summed E-state index contributed by atoms with van der Waals surface area (Å²) in [5, 5.41) is 17.3. The van der Waals surface area contributed by atoms with Crippen molar-refractivity contribution in [2.75, 3.05) is 18.8 Å². The minimum atomic E-state index is -0.998. The topological polar surface area (TPSA) is 88.3 Å². The van der Waals surface area contributed by atoms with Crippen LogP contribution in [0, 0.1) is 0 Å². The first-order chi connectivity index (χ1) is 9.45. The summed E-state index contributed by atoms with van der Waals surface area (Å²) in [5.41, 5.74) is 0. The van der Waals surface area contributed by atoms with Gasteiger partial charge in [0.2, 0.25) is 5.91 Å². The fraction of sp³-hybridized carbons (Fsp3) is 0.667. The first-order valence-electron chi connectivity index (χ1n) is 6.47. The number of carboxylic acid groups (broad SMARTS) is 1. The molecule has 0 atom stereocenters. The number of aliphatic carboxylic acids is 1. The predicted octanol–water partition coefficient (Wildman–Crippen LogP) is 1.27. The van der Waals surface area contributed by atoms with Crippen molar-refractivity contribution in [1.82, 2.24) is 19.7 Å². The monoisotopic (exact) mass is 300 g/mol. The van der Waals surface area contributed by atoms with E-state index in [1.54, 1.807) is 6.33 Å². The van der Waals surface area contributed by atoms with Crippen LogP contribution in [0.4, 0.5) is 0 Å². The van der Waals surface area contributed by atoms with E-state index >= 15 is 0 Å². The van der Waals surface area contributed by atoms with Gasteiger partial charge < -0.3 is 14.6 Å². The summed E-state index contributed by atoms with van der Waals surface area (Å²) in [6.45, 7) is 6.10. The number of carboxylic acids is 1. The second-order valence-corrected chi connectivity index (χ2v) is 5.55. The van der Waals surface area contributed by atoms with Crippen molar-refractivity contribution in [3.05, 3.63) is 6.33 Å². The molecular formula is C12H20N4O3S. The van der Waals surface area contributed by atoms with Crippen LogP contribution in [0.25, 0.3) is 0 Å². The Hall–Kier alpha value is -1.57. The fourth-order valence-electron chi connectivity index (χ4n) is 1.63. The molecule has 0 bridgehead atoms. The van der Waals surface area contributed by atoms with E-state index in [9.17, 15) is 9.59 Å². The largest absolute Gasteiger partial charge is 0.480 e. The Morgan fingerprint density at radius 2 is 2.20 bits per heavy atom. The van der Waals surface area contributed by atoms with Crippen molar-refractivity contribution in [3.63, 3.8) is 0 Å². The molecule has 0 aliphatic heterocycles. The number of nitrogens with zero attached hydrogens (tertiary/aromatic N) is 4. The summed E-state index contributed by atoms with van der Waals surface area (Å²) < 4.78 is 1.87. The Labute approximate surface area is 122 Å². The third kappa shape index (κ3) is 4.84. The molecule has 1 N–H and O–H groups in total. The molecule has 0 saturated carbocycles. The second-order valence-electron chi connectivity index (χ2n) is 4.61. The van der Waals surface area contributed by atoms with Gasteiger partial charge >= 0.3 is 5.97 Å². The van der Waals surface area contributed by atoms with Gasteiger partial charge in [-0.1, -0.05) is 18.7 Å².